The third kappa shape index (κ3) is 3.63. The Morgan fingerprint density at radius 1 is 1.06 bits per heavy atom. The van der Waals surface area contributed by atoms with E-state index in [2.05, 4.69) is 4.90 Å². The molecule has 8 nitrogen and oxygen atoms in total. The fraction of sp³-hybridized carbons (Fsp3) is 0.240. The van der Waals surface area contributed by atoms with Crippen LogP contribution in [-0.4, -0.2) is 32.3 Å². The van der Waals surface area contributed by atoms with Crippen LogP contribution in [0.4, 0.5) is 11.6 Å². The van der Waals surface area contributed by atoms with E-state index in [1.165, 1.54) is 9.13 Å². The van der Waals surface area contributed by atoms with Gasteiger partial charge in [-0.2, -0.15) is 4.98 Å². The van der Waals surface area contributed by atoms with Crippen molar-refractivity contribution in [2.24, 2.45) is 7.05 Å². The Labute approximate surface area is 190 Å². The topological polar surface area (TPSA) is 74.3 Å². The molecule has 168 valence electrons. The smallest absolute Gasteiger partial charge is 0.332 e. The van der Waals surface area contributed by atoms with E-state index in [4.69, 9.17) is 9.72 Å². The number of nitrogens with zero attached hydrogens (tertiary/aromatic N) is 5. The number of imidazole rings is 1. The molecule has 33 heavy (non-hydrogen) atoms. The third-order valence-electron chi connectivity index (χ3n) is 5.98. The second kappa shape index (κ2) is 8.46. The van der Waals surface area contributed by atoms with Crippen LogP contribution in [0.15, 0.2) is 70.3 Å². The van der Waals surface area contributed by atoms with E-state index < -0.39 is 0 Å². The van der Waals surface area contributed by atoms with Gasteiger partial charge in [0.25, 0.3) is 5.56 Å². The molecule has 5 rings (SSSR count). The van der Waals surface area contributed by atoms with Crippen LogP contribution in [0.25, 0.3) is 17.2 Å². The minimum atomic E-state index is -0.381. The van der Waals surface area contributed by atoms with Gasteiger partial charge >= 0.3 is 5.69 Å². The van der Waals surface area contributed by atoms with Crippen molar-refractivity contribution in [3.8, 4) is 5.75 Å². The van der Waals surface area contributed by atoms with Crippen molar-refractivity contribution in [2.45, 2.75) is 19.5 Å². The normalized spacial score (nSPS) is 13.6. The van der Waals surface area contributed by atoms with Gasteiger partial charge < -0.3 is 14.2 Å². The maximum absolute atomic E-state index is 13.4. The predicted molar refractivity (Wildman–Crippen MR) is 129 cm³/mol. The Morgan fingerprint density at radius 3 is 2.67 bits per heavy atom. The van der Waals surface area contributed by atoms with Gasteiger partial charge in [0, 0.05) is 38.4 Å². The number of benzene rings is 2. The van der Waals surface area contributed by atoms with Crippen molar-refractivity contribution in [1.29, 1.82) is 0 Å². The number of aromatic nitrogens is 4. The molecule has 0 saturated heterocycles. The summed E-state index contributed by atoms with van der Waals surface area (Å²) in [6.45, 7) is 1.62. The van der Waals surface area contributed by atoms with E-state index in [-0.39, 0.29) is 17.8 Å². The van der Waals surface area contributed by atoms with Gasteiger partial charge in [0.1, 0.15) is 5.75 Å². The maximum atomic E-state index is 13.4. The zero-order valence-corrected chi connectivity index (χ0v) is 18.6. The molecule has 0 fully saturated rings. The minimum absolute atomic E-state index is 0.191. The second-order valence-electron chi connectivity index (χ2n) is 8.01. The number of rotatable bonds is 5. The Hall–Kier alpha value is -4.07. The standard InChI is InChI=1S/C25H25N5O3/c1-27-22-21(23(31)30(25(27)32)14-7-11-18-9-4-3-5-10-18)29-16-8-15-28(24(29)26-22)19-12-6-13-20(17-19)33-2/h3-7,9-13,17H,8,14-16H2,1-2H3/b11-7+. The van der Waals surface area contributed by atoms with Crippen molar-refractivity contribution in [3.05, 3.63) is 87.1 Å². The Bertz CT molecular complexity index is 1460. The lowest BCUT2D eigenvalue weighted by Crippen LogP contribution is -2.39. The van der Waals surface area contributed by atoms with Crippen LogP contribution in [0.2, 0.25) is 0 Å². The van der Waals surface area contributed by atoms with Crippen LogP contribution < -0.4 is 20.9 Å². The number of aryl methyl sites for hydroxylation is 2. The van der Waals surface area contributed by atoms with Gasteiger partial charge in [-0.15, -0.1) is 0 Å². The highest BCUT2D eigenvalue weighted by molar-refractivity contribution is 5.77. The first-order chi connectivity index (χ1) is 16.1. The van der Waals surface area contributed by atoms with Crippen molar-refractivity contribution < 1.29 is 4.74 Å². The summed E-state index contributed by atoms with van der Waals surface area (Å²) in [6, 6.07) is 17.5. The summed E-state index contributed by atoms with van der Waals surface area (Å²) in [5.41, 5.74) is 2.09. The fourth-order valence-corrected chi connectivity index (χ4v) is 4.31. The van der Waals surface area contributed by atoms with E-state index in [9.17, 15) is 9.59 Å². The van der Waals surface area contributed by atoms with Crippen molar-refractivity contribution in [1.82, 2.24) is 18.7 Å². The van der Waals surface area contributed by atoms with Crippen molar-refractivity contribution >= 4 is 28.9 Å². The molecule has 3 heterocycles. The molecule has 1 aliphatic heterocycles. The summed E-state index contributed by atoms with van der Waals surface area (Å²) in [6.07, 6.45) is 4.60. The van der Waals surface area contributed by atoms with Gasteiger partial charge in [0.05, 0.1) is 7.11 Å². The molecular formula is C25H25N5O3. The number of methoxy groups -OCH3 is 1. The molecule has 0 bridgehead atoms. The first kappa shape index (κ1) is 20.8. The van der Waals surface area contributed by atoms with Gasteiger partial charge in [0.2, 0.25) is 5.95 Å². The Morgan fingerprint density at radius 2 is 1.88 bits per heavy atom. The van der Waals surface area contributed by atoms with Gasteiger partial charge in [-0.1, -0.05) is 48.6 Å². The molecule has 0 radical (unpaired) electrons. The summed E-state index contributed by atoms with van der Waals surface area (Å²) in [5, 5.41) is 0. The SMILES string of the molecule is COc1cccc(N2CCCn3c2nc2c3c(=O)n(C/C=C/c3ccccc3)c(=O)n2C)c1. The first-order valence-electron chi connectivity index (χ1n) is 10.9. The number of ether oxygens (including phenoxy) is 1. The summed E-state index contributed by atoms with van der Waals surface area (Å²) in [5.74, 6) is 1.41. The van der Waals surface area contributed by atoms with Gasteiger partial charge in [-0.05, 0) is 24.1 Å². The molecule has 0 atom stereocenters. The molecule has 0 spiro atoms. The number of hydrogen-bond donors (Lipinski definition) is 0. The van der Waals surface area contributed by atoms with Crippen LogP contribution in [-0.2, 0) is 20.1 Å². The molecule has 0 saturated carbocycles. The Balaban J connectivity index is 1.60. The Kier molecular flexibility index (Phi) is 5.34. The molecule has 0 aliphatic carbocycles. The average Bonchev–Trinajstić information content (AvgIpc) is 3.25. The van der Waals surface area contributed by atoms with Gasteiger partial charge in [-0.25, -0.2) is 4.79 Å². The lowest BCUT2D eigenvalue weighted by molar-refractivity contribution is 0.415. The minimum Gasteiger partial charge on any atom is -0.497 e. The molecule has 0 N–H and O–H groups in total. The zero-order chi connectivity index (χ0) is 22.9. The number of fused-ring (bicyclic) bond motifs is 3. The maximum Gasteiger partial charge on any atom is 0.332 e. The lowest BCUT2D eigenvalue weighted by atomic mass is 10.2. The van der Waals surface area contributed by atoms with E-state index in [1.807, 2.05) is 71.3 Å². The molecule has 0 unspecified atom stereocenters. The molecular weight excluding hydrogens is 418 g/mol. The molecule has 2 aromatic carbocycles. The van der Waals surface area contributed by atoms with E-state index >= 15 is 0 Å². The van der Waals surface area contributed by atoms with E-state index in [0.717, 1.165) is 30.0 Å². The molecule has 8 heteroatoms. The highest BCUT2D eigenvalue weighted by atomic mass is 16.5. The molecule has 2 aromatic heterocycles. The molecule has 4 aromatic rings. The number of hydrogen-bond acceptors (Lipinski definition) is 5. The summed E-state index contributed by atoms with van der Waals surface area (Å²) >= 11 is 0. The molecule has 0 amide bonds. The highest BCUT2D eigenvalue weighted by Crippen LogP contribution is 2.32. The fourth-order valence-electron chi connectivity index (χ4n) is 4.31. The summed E-state index contributed by atoms with van der Waals surface area (Å²) in [7, 11) is 3.30. The van der Waals surface area contributed by atoms with Crippen LogP contribution in [0.3, 0.4) is 0 Å². The zero-order valence-electron chi connectivity index (χ0n) is 18.6. The van der Waals surface area contributed by atoms with Gasteiger partial charge in [-0.3, -0.25) is 13.9 Å². The van der Waals surface area contributed by atoms with Crippen LogP contribution in [0, 0.1) is 0 Å². The predicted octanol–water partition coefficient (Wildman–Crippen LogP) is 3.16. The molecule has 1 aliphatic rings. The van der Waals surface area contributed by atoms with E-state index in [0.29, 0.717) is 23.7 Å². The summed E-state index contributed by atoms with van der Waals surface area (Å²) < 4.78 is 10.0. The van der Waals surface area contributed by atoms with E-state index in [1.54, 1.807) is 14.2 Å². The highest BCUT2D eigenvalue weighted by Gasteiger charge is 2.27. The van der Waals surface area contributed by atoms with Crippen LogP contribution in [0.5, 0.6) is 5.75 Å². The second-order valence-corrected chi connectivity index (χ2v) is 8.01. The van der Waals surface area contributed by atoms with Crippen molar-refractivity contribution in [2.75, 3.05) is 18.6 Å². The van der Waals surface area contributed by atoms with Crippen molar-refractivity contribution in [3.63, 3.8) is 0 Å². The van der Waals surface area contributed by atoms with Gasteiger partial charge in [0.15, 0.2) is 11.2 Å². The summed E-state index contributed by atoms with van der Waals surface area (Å²) in [4.78, 5) is 33.2. The van der Waals surface area contributed by atoms with Crippen LogP contribution >= 0.6 is 0 Å². The lowest BCUT2D eigenvalue weighted by Gasteiger charge is -2.29. The average molecular weight is 444 g/mol. The number of allylic oxidation sites excluding steroid dienone is 1. The quantitative estimate of drug-likeness (QED) is 0.474. The third-order valence-corrected chi connectivity index (χ3v) is 5.98. The largest absolute Gasteiger partial charge is 0.497 e. The first-order valence-corrected chi connectivity index (χ1v) is 10.9. The number of anilines is 2. The monoisotopic (exact) mass is 443 g/mol. The van der Waals surface area contributed by atoms with Crippen LogP contribution in [0.1, 0.15) is 12.0 Å².